The van der Waals surface area contributed by atoms with Gasteiger partial charge >= 0.3 is 0 Å². The minimum Gasteiger partial charge on any atom is -0.478 e. The molecule has 1 saturated heterocycles. The van der Waals surface area contributed by atoms with E-state index in [-0.39, 0.29) is 23.6 Å². The number of aromatic nitrogens is 4. The molecule has 0 aliphatic carbocycles. The van der Waals surface area contributed by atoms with Crippen LogP contribution in [-0.2, 0) is 20.0 Å². The summed E-state index contributed by atoms with van der Waals surface area (Å²) < 4.78 is 50.4. The van der Waals surface area contributed by atoms with Crippen molar-refractivity contribution < 1.29 is 22.7 Å². The van der Waals surface area contributed by atoms with Gasteiger partial charge in [0, 0.05) is 43.2 Å². The van der Waals surface area contributed by atoms with Crippen LogP contribution in [0.15, 0.2) is 18.2 Å². The lowest BCUT2D eigenvalue weighted by Gasteiger charge is -2.45. The predicted molar refractivity (Wildman–Crippen MR) is 111 cm³/mol. The average Bonchev–Trinajstić information content (AvgIpc) is 3.37. The zero-order chi connectivity index (χ0) is 22.9. The molecule has 2 atom stereocenters. The Hall–Kier alpha value is -3.30. The van der Waals surface area contributed by atoms with E-state index in [1.165, 1.54) is 0 Å². The van der Waals surface area contributed by atoms with Crippen molar-refractivity contribution in [1.82, 2.24) is 24.5 Å². The molecular weight excluding hydrogens is 435 g/mol. The fraction of sp³-hybridized carbons (Fsp3) is 0.435. The average molecular weight is 457 g/mol. The maximum absolute atomic E-state index is 14.0. The number of rotatable bonds is 2. The summed E-state index contributed by atoms with van der Waals surface area (Å²) in [6, 6.07) is 3.36. The number of ether oxygens (including phenoxy) is 1. The van der Waals surface area contributed by atoms with Gasteiger partial charge in [-0.1, -0.05) is 0 Å². The Morgan fingerprint density at radius 2 is 1.88 bits per heavy atom. The molecule has 2 bridgehead atoms. The molecule has 1 fully saturated rings. The lowest BCUT2D eigenvalue weighted by atomic mass is 9.81. The van der Waals surface area contributed by atoms with Crippen LogP contribution in [0.1, 0.15) is 53.5 Å². The van der Waals surface area contributed by atoms with E-state index in [0.29, 0.717) is 36.8 Å². The number of amides is 1. The van der Waals surface area contributed by atoms with Crippen LogP contribution < -0.4 is 4.74 Å². The number of aryl methyl sites for hydroxylation is 2. The third-order valence-corrected chi connectivity index (χ3v) is 6.89. The molecule has 0 saturated carbocycles. The van der Waals surface area contributed by atoms with Crippen LogP contribution in [0.3, 0.4) is 0 Å². The van der Waals surface area contributed by atoms with Crippen LogP contribution in [0, 0.1) is 17.5 Å². The molecular formula is C23H22F3N5O2. The summed E-state index contributed by atoms with van der Waals surface area (Å²) in [5.41, 5.74) is 2.72. The van der Waals surface area contributed by atoms with Gasteiger partial charge in [0.15, 0.2) is 23.1 Å². The number of halogens is 3. The number of fused-ring (bicyclic) bond motifs is 5. The fourth-order valence-electron chi connectivity index (χ4n) is 5.51. The molecule has 172 valence electrons. The SMILES string of the molecule is Cn1nc2c(c1-c1cc(F)c(F)c(F)c1)C[C@@H]1CCC[C@H]2N1C(=O)c1cc2n(n1)CCCO2. The number of nitrogens with zero attached hydrogens (tertiary/aromatic N) is 5. The first kappa shape index (κ1) is 20.3. The Kier molecular flexibility index (Phi) is 4.53. The third-order valence-electron chi connectivity index (χ3n) is 6.89. The van der Waals surface area contributed by atoms with E-state index in [2.05, 4.69) is 10.2 Å². The summed E-state index contributed by atoms with van der Waals surface area (Å²) in [4.78, 5) is 15.4. The maximum Gasteiger partial charge on any atom is 0.275 e. The molecule has 6 rings (SSSR count). The number of carbonyl (C=O) groups excluding carboxylic acids is 1. The first-order chi connectivity index (χ1) is 15.9. The second kappa shape index (κ2) is 7.36. The van der Waals surface area contributed by atoms with Gasteiger partial charge in [-0.2, -0.15) is 10.2 Å². The lowest BCUT2D eigenvalue weighted by Crippen LogP contribution is -2.50. The van der Waals surface area contributed by atoms with Gasteiger partial charge in [0.05, 0.1) is 24.0 Å². The van der Waals surface area contributed by atoms with Gasteiger partial charge in [0.25, 0.3) is 5.91 Å². The molecule has 3 aliphatic heterocycles. The quantitative estimate of drug-likeness (QED) is 0.550. The molecule has 1 amide bonds. The zero-order valence-corrected chi connectivity index (χ0v) is 18.0. The van der Waals surface area contributed by atoms with E-state index in [9.17, 15) is 18.0 Å². The van der Waals surface area contributed by atoms with Crippen LogP contribution in [-0.4, -0.2) is 43.0 Å². The fourth-order valence-corrected chi connectivity index (χ4v) is 5.51. The Morgan fingerprint density at radius 3 is 2.64 bits per heavy atom. The summed E-state index contributed by atoms with van der Waals surface area (Å²) in [5, 5.41) is 9.12. The van der Waals surface area contributed by atoms with Crippen molar-refractivity contribution in [2.24, 2.45) is 7.05 Å². The van der Waals surface area contributed by atoms with Crippen molar-refractivity contribution >= 4 is 5.91 Å². The number of benzene rings is 1. The lowest BCUT2D eigenvalue weighted by molar-refractivity contribution is 0.0385. The highest BCUT2D eigenvalue weighted by Gasteiger charge is 2.44. The van der Waals surface area contributed by atoms with Gasteiger partial charge in [-0.15, -0.1) is 0 Å². The second-order valence-electron chi connectivity index (χ2n) is 8.90. The van der Waals surface area contributed by atoms with Crippen molar-refractivity contribution in [1.29, 1.82) is 0 Å². The first-order valence-electron chi connectivity index (χ1n) is 11.2. The topological polar surface area (TPSA) is 65.2 Å². The highest BCUT2D eigenvalue weighted by Crippen LogP contribution is 2.45. The van der Waals surface area contributed by atoms with Crippen molar-refractivity contribution in [2.45, 2.75) is 50.7 Å². The van der Waals surface area contributed by atoms with Crippen molar-refractivity contribution in [2.75, 3.05) is 6.61 Å². The zero-order valence-electron chi connectivity index (χ0n) is 18.0. The van der Waals surface area contributed by atoms with Crippen LogP contribution >= 0.6 is 0 Å². The van der Waals surface area contributed by atoms with Crippen molar-refractivity contribution in [3.63, 3.8) is 0 Å². The highest BCUT2D eigenvalue weighted by molar-refractivity contribution is 5.93. The van der Waals surface area contributed by atoms with E-state index in [4.69, 9.17) is 4.74 Å². The van der Waals surface area contributed by atoms with Crippen LogP contribution in [0.4, 0.5) is 13.2 Å². The van der Waals surface area contributed by atoms with Crippen LogP contribution in [0.2, 0.25) is 0 Å². The molecule has 7 nitrogen and oxygen atoms in total. The van der Waals surface area contributed by atoms with E-state index >= 15 is 0 Å². The molecule has 0 radical (unpaired) electrons. The van der Waals surface area contributed by atoms with E-state index in [1.54, 1.807) is 22.5 Å². The van der Waals surface area contributed by atoms with Crippen LogP contribution in [0.5, 0.6) is 5.88 Å². The summed E-state index contributed by atoms with van der Waals surface area (Å²) in [6.45, 7) is 1.33. The summed E-state index contributed by atoms with van der Waals surface area (Å²) in [5.74, 6) is -3.52. The standard InChI is InChI=1S/C23H22F3N5O2/c1-29-22(12-8-15(24)20(26)16(25)9-12)14-10-13-4-2-5-18(21(14)28-29)31(13)23(32)17-11-19-30(27-17)6-3-7-33-19/h8-9,11,13,18H,2-7,10H2,1H3/t13-,18+/m0/s1. The Bertz CT molecular complexity index is 1240. The maximum atomic E-state index is 14.0. The highest BCUT2D eigenvalue weighted by atomic mass is 19.2. The van der Waals surface area contributed by atoms with Gasteiger partial charge < -0.3 is 9.64 Å². The first-order valence-corrected chi connectivity index (χ1v) is 11.2. The molecule has 3 aromatic rings. The molecule has 0 unspecified atom stereocenters. The molecule has 0 spiro atoms. The minimum absolute atomic E-state index is 0.0820. The monoisotopic (exact) mass is 457 g/mol. The summed E-state index contributed by atoms with van der Waals surface area (Å²) in [7, 11) is 1.70. The van der Waals surface area contributed by atoms with Crippen LogP contribution in [0.25, 0.3) is 11.3 Å². The Labute approximate surface area is 187 Å². The van der Waals surface area contributed by atoms with E-state index in [0.717, 1.165) is 49.1 Å². The summed E-state index contributed by atoms with van der Waals surface area (Å²) in [6.07, 6.45) is 3.86. The van der Waals surface area contributed by atoms with Gasteiger partial charge in [0.2, 0.25) is 5.88 Å². The molecule has 33 heavy (non-hydrogen) atoms. The third kappa shape index (κ3) is 3.07. The number of carbonyl (C=O) groups is 1. The predicted octanol–water partition coefficient (Wildman–Crippen LogP) is 3.78. The molecule has 5 heterocycles. The summed E-state index contributed by atoms with van der Waals surface area (Å²) >= 11 is 0. The Balaban J connectivity index is 1.40. The van der Waals surface area contributed by atoms with Crippen molar-refractivity contribution in [3.8, 4) is 17.1 Å². The number of hydrogen-bond donors (Lipinski definition) is 0. The Morgan fingerprint density at radius 1 is 1.09 bits per heavy atom. The molecule has 2 aromatic heterocycles. The second-order valence-corrected chi connectivity index (χ2v) is 8.90. The molecule has 3 aliphatic rings. The van der Waals surface area contributed by atoms with Crippen molar-refractivity contribution in [3.05, 3.63) is 52.6 Å². The smallest absolute Gasteiger partial charge is 0.275 e. The molecule has 1 aromatic carbocycles. The number of hydrogen-bond acceptors (Lipinski definition) is 4. The largest absolute Gasteiger partial charge is 0.478 e. The molecule has 0 N–H and O–H groups in total. The van der Waals surface area contributed by atoms with E-state index in [1.807, 2.05) is 4.90 Å². The van der Waals surface area contributed by atoms with Gasteiger partial charge in [-0.25, -0.2) is 17.9 Å². The van der Waals surface area contributed by atoms with E-state index < -0.39 is 17.5 Å². The minimum atomic E-state index is -1.49. The van der Waals surface area contributed by atoms with Gasteiger partial charge in [-0.05, 0) is 37.8 Å². The normalized spacial score (nSPS) is 21.4. The molecule has 10 heteroatoms. The number of piperidine rings is 1. The van der Waals surface area contributed by atoms with Gasteiger partial charge in [-0.3, -0.25) is 9.48 Å². The van der Waals surface area contributed by atoms with Gasteiger partial charge in [0.1, 0.15) is 0 Å².